The van der Waals surface area contributed by atoms with E-state index < -0.39 is 0 Å². The summed E-state index contributed by atoms with van der Waals surface area (Å²) in [5, 5.41) is 3.36. The van der Waals surface area contributed by atoms with Crippen molar-refractivity contribution in [1.82, 2.24) is 5.32 Å². The van der Waals surface area contributed by atoms with Gasteiger partial charge in [-0.3, -0.25) is 0 Å². The highest BCUT2D eigenvalue weighted by Crippen LogP contribution is 2.20. The molecule has 1 N–H and O–H groups in total. The Labute approximate surface area is 102 Å². The Morgan fingerprint density at radius 1 is 1.41 bits per heavy atom. The van der Waals surface area contributed by atoms with Gasteiger partial charge >= 0.3 is 0 Å². The van der Waals surface area contributed by atoms with Gasteiger partial charge in [0.25, 0.3) is 0 Å². The van der Waals surface area contributed by atoms with Crippen LogP contribution in [-0.2, 0) is 11.2 Å². The van der Waals surface area contributed by atoms with Crippen molar-refractivity contribution in [1.29, 1.82) is 0 Å². The van der Waals surface area contributed by atoms with Gasteiger partial charge in [-0.15, -0.1) is 0 Å². The number of benzene rings is 1. The summed E-state index contributed by atoms with van der Waals surface area (Å²) in [7, 11) is 1.99. The number of hydrogen-bond donors (Lipinski definition) is 1. The third-order valence-corrected chi connectivity index (χ3v) is 3.50. The minimum Gasteiger partial charge on any atom is -0.381 e. The van der Waals surface area contributed by atoms with E-state index in [4.69, 9.17) is 4.74 Å². The predicted molar refractivity (Wildman–Crippen MR) is 66.5 cm³/mol. The highest BCUT2D eigenvalue weighted by Gasteiger charge is 2.22. The summed E-state index contributed by atoms with van der Waals surface area (Å²) >= 11 is 0. The van der Waals surface area contributed by atoms with E-state index >= 15 is 0 Å². The van der Waals surface area contributed by atoms with E-state index in [1.807, 2.05) is 19.2 Å². The van der Waals surface area contributed by atoms with Gasteiger partial charge in [-0.1, -0.05) is 12.1 Å². The average Bonchev–Trinajstić information content (AvgIpc) is 2.39. The number of ether oxygens (including phenoxy) is 1. The Hall–Kier alpha value is -0.930. The molecule has 0 amide bonds. The predicted octanol–water partition coefficient (Wildman–Crippen LogP) is 2.38. The minimum atomic E-state index is -0.171. The van der Waals surface area contributed by atoms with Gasteiger partial charge in [-0.05, 0) is 49.9 Å². The summed E-state index contributed by atoms with van der Waals surface area (Å²) in [5.41, 5.74) is 1.18. The normalized spacial score (nSPS) is 22.4. The van der Waals surface area contributed by atoms with Gasteiger partial charge in [-0.2, -0.15) is 0 Å². The highest BCUT2D eigenvalue weighted by atomic mass is 19.1. The molecule has 1 aromatic carbocycles. The zero-order chi connectivity index (χ0) is 12.1. The lowest BCUT2D eigenvalue weighted by Crippen LogP contribution is -2.39. The van der Waals surface area contributed by atoms with E-state index in [0.717, 1.165) is 26.1 Å². The summed E-state index contributed by atoms with van der Waals surface area (Å²) in [6, 6.07) is 7.20. The van der Waals surface area contributed by atoms with Crippen LogP contribution >= 0.6 is 0 Å². The number of likely N-dealkylation sites (N-methyl/N-ethyl adjacent to an activating group) is 1. The molecule has 3 heteroatoms. The first-order chi connectivity index (χ1) is 8.29. The van der Waals surface area contributed by atoms with Gasteiger partial charge in [0.05, 0.1) is 6.61 Å². The van der Waals surface area contributed by atoms with Gasteiger partial charge < -0.3 is 10.1 Å². The van der Waals surface area contributed by atoms with Gasteiger partial charge in [0.2, 0.25) is 0 Å². The molecule has 1 aromatic rings. The Balaban J connectivity index is 1.96. The van der Waals surface area contributed by atoms with E-state index in [1.54, 1.807) is 0 Å². The van der Waals surface area contributed by atoms with Crippen molar-refractivity contribution in [2.24, 2.45) is 5.92 Å². The maximum atomic E-state index is 12.8. The standard InChI is InChI=1S/C14H20FNO/c1-16-14(12-3-2-8-17-10-12)9-11-4-6-13(15)7-5-11/h4-7,12,14,16H,2-3,8-10H2,1H3. The molecule has 1 aliphatic heterocycles. The van der Waals surface area contributed by atoms with Crippen molar-refractivity contribution < 1.29 is 9.13 Å². The fourth-order valence-corrected chi connectivity index (χ4v) is 2.46. The van der Waals surface area contributed by atoms with E-state index in [-0.39, 0.29) is 5.82 Å². The lowest BCUT2D eigenvalue weighted by molar-refractivity contribution is 0.0405. The maximum Gasteiger partial charge on any atom is 0.123 e. The van der Waals surface area contributed by atoms with Crippen LogP contribution in [0.2, 0.25) is 0 Å². The summed E-state index contributed by atoms with van der Waals surface area (Å²) in [4.78, 5) is 0. The zero-order valence-corrected chi connectivity index (χ0v) is 10.3. The minimum absolute atomic E-state index is 0.171. The van der Waals surface area contributed by atoms with Crippen LogP contribution in [0, 0.1) is 11.7 Å². The fraction of sp³-hybridized carbons (Fsp3) is 0.571. The number of nitrogens with one attached hydrogen (secondary N) is 1. The molecule has 94 valence electrons. The first kappa shape index (κ1) is 12.5. The van der Waals surface area contributed by atoms with Crippen molar-refractivity contribution in [3.63, 3.8) is 0 Å². The molecule has 2 atom stereocenters. The molecule has 1 aliphatic rings. The van der Waals surface area contributed by atoms with Crippen molar-refractivity contribution in [2.75, 3.05) is 20.3 Å². The van der Waals surface area contributed by atoms with Crippen LogP contribution in [-0.4, -0.2) is 26.3 Å². The Morgan fingerprint density at radius 2 is 2.18 bits per heavy atom. The molecule has 2 unspecified atom stereocenters. The largest absolute Gasteiger partial charge is 0.381 e. The van der Waals surface area contributed by atoms with E-state index in [9.17, 15) is 4.39 Å². The third-order valence-electron chi connectivity index (χ3n) is 3.50. The van der Waals surface area contributed by atoms with Crippen molar-refractivity contribution in [3.8, 4) is 0 Å². The van der Waals surface area contributed by atoms with Crippen LogP contribution in [0.25, 0.3) is 0 Å². The average molecular weight is 237 g/mol. The molecule has 2 rings (SSSR count). The molecule has 0 bridgehead atoms. The number of halogens is 1. The van der Waals surface area contributed by atoms with Crippen LogP contribution in [0.5, 0.6) is 0 Å². The lowest BCUT2D eigenvalue weighted by atomic mass is 9.89. The first-order valence-electron chi connectivity index (χ1n) is 6.29. The summed E-state index contributed by atoms with van der Waals surface area (Å²) in [6.07, 6.45) is 3.30. The van der Waals surface area contributed by atoms with Crippen LogP contribution in [0.3, 0.4) is 0 Å². The number of rotatable bonds is 4. The molecule has 1 heterocycles. The third kappa shape index (κ3) is 3.51. The van der Waals surface area contributed by atoms with Gasteiger partial charge in [0.15, 0.2) is 0 Å². The molecular weight excluding hydrogens is 217 g/mol. The van der Waals surface area contributed by atoms with Crippen molar-refractivity contribution in [3.05, 3.63) is 35.6 Å². The smallest absolute Gasteiger partial charge is 0.123 e. The molecule has 0 spiro atoms. The van der Waals surface area contributed by atoms with E-state index in [2.05, 4.69) is 5.32 Å². The van der Waals surface area contributed by atoms with Gasteiger partial charge in [-0.25, -0.2) is 4.39 Å². The van der Waals surface area contributed by atoms with E-state index in [1.165, 1.54) is 24.1 Å². The highest BCUT2D eigenvalue weighted by molar-refractivity contribution is 5.17. The summed E-state index contributed by atoms with van der Waals surface area (Å²) in [6.45, 7) is 1.73. The Morgan fingerprint density at radius 3 is 2.76 bits per heavy atom. The monoisotopic (exact) mass is 237 g/mol. The van der Waals surface area contributed by atoms with Crippen LogP contribution in [0.4, 0.5) is 4.39 Å². The second-order valence-corrected chi connectivity index (χ2v) is 4.70. The summed E-state index contributed by atoms with van der Waals surface area (Å²) < 4.78 is 18.3. The first-order valence-corrected chi connectivity index (χ1v) is 6.29. The molecule has 0 saturated carbocycles. The van der Waals surface area contributed by atoms with Gasteiger partial charge in [0, 0.05) is 12.6 Å². The molecular formula is C14H20FNO. The SMILES string of the molecule is CNC(Cc1ccc(F)cc1)C1CCCOC1. The molecule has 1 fully saturated rings. The van der Waals surface area contributed by atoms with Gasteiger partial charge in [0.1, 0.15) is 5.82 Å². The molecule has 1 saturated heterocycles. The maximum absolute atomic E-state index is 12.8. The van der Waals surface area contributed by atoms with Crippen LogP contribution < -0.4 is 5.32 Å². The van der Waals surface area contributed by atoms with Crippen LogP contribution in [0.15, 0.2) is 24.3 Å². The molecule has 0 radical (unpaired) electrons. The molecule has 17 heavy (non-hydrogen) atoms. The van der Waals surface area contributed by atoms with Crippen molar-refractivity contribution in [2.45, 2.75) is 25.3 Å². The molecule has 0 aliphatic carbocycles. The zero-order valence-electron chi connectivity index (χ0n) is 10.3. The molecule has 0 aromatic heterocycles. The molecule has 2 nitrogen and oxygen atoms in total. The summed E-state index contributed by atoms with van der Waals surface area (Å²) in [5.74, 6) is 0.398. The van der Waals surface area contributed by atoms with Crippen LogP contribution in [0.1, 0.15) is 18.4 Å². The topological polar surface area (TPSA) is 21.3 Å². The fourth-order valence-electron chi connectivity index (χ4n) is 2.46. The lowest BCUT2D eigenvalue weighted by Gasteiger charge is -2.30. The second-order valence-electron chi connectivity index (χ2n) is 4.70. The second kappa shape index (κ2) is 6.12. The number of hydrogen-bond acceptors (Lipinski definition) is 2. The Kier molecular flexibility index (Phi) is 4.51. The Bertz CT molecular complexity index is 333. The van der Waals surface area contributed by atoms with Crippen molar-refractivity contribution >= 4 is 0 Å². The quantitative estimate of drug-likeness (QED) is 0.868. The van der Waals surface area contributed by atoms with E-state index in [0.29, 0.717) is 12.0 Å².